The lowest BCUT2D eigenvalue weighted by molar-refractivity contribution is -0.136. The number of H-pyrrole nitrogens is 1. The molecule has 2 aromatic carbocycles. The second-order valence-electron chi connectivity index (χ2n) is 19.4. The maximum absolute atomic E-state index is 14.1. The Kier molecular flexibility index (Phi) is 14.9. The average Bonchev–Trinajstić information content (AvgIpc) is 3.95. The third kappa shape index (κ3) is 10.5. The molecule has 6 heterocycles. The third-order valence-electron chi connectivity index (χ3n) is 14.7. The van der Waals surface area contributed by atoms with Crippen molar-refractivity contribution in [3.05, 3.63) is 127 Å². The Labute approximate surface area is 418 Å². The number of nitrogens with one attached hydrogen (secondary N) is 4. The number of allylic oxidation sites excluding steroid dienone is 2. The number of carbonyl (C=O) groups is 6. The second kappa shape index (κ2) is 21.6. The lowest BCUT2D eigenvalue weighted by Gasteiger charge is -2.39. The van der Waals surface area contributed by atoms with E-state index in [2.05, 4.69) is 85.2 Å². The standard InChI is InChI=1S/C53H63N11O8/c1-5-63(38-16-24-72-25-17-38)45-28-37(27-40(34(45)4)48(66)55-29-41-32(2)26-33(3)56-49(41)67)36-12-10-35(11-13-36)30-60-20-22-61(23-21-60)52(70)43-31-62(59-58-43)19-7-18-54-42-9-6-8-39-47(42)53(71)64(51(39)69)44-14-15-46(65)57-50(44)68/h6,8-13,26,28,31,38,40,44,54H,5,7,14-25,27,29-30H2,1-4H3,(H,55,66)(H,56,67)(H,57,65,68). The highest BCUT2D eigenvalue weighted by Crippen LogP contribution is 2.38. The van der Waals surface area contributed by atoms with Gasteiger partial charge in [-0.15, -0.1) is 5.10 Å². The van der Waals surface area contributed by atoms with Gasteiger partial charge in [0, 0.05) is 107 Å². The maximum Gasteiger partial charge on any atom is 0.276 e. The van der Waals surface area contributed by atoms with E-state index in [1.165, 1.54) is 0 Å². The average molecular weight is 982 g/mol. The minimum atomic E-state index is -1.04. The summed E-state index contributed by atoms with van der Waals surface area (Å²) in [6.45, 7) is 14.4. The highest BCUT2D eigenvalue weighted by Gasteiger charge is 2.45. The van der Waals surface area contributed by atoms with E-state index in [1.807, 2.05) is 19.9 Å². The molecule has 2 unspecified atom stereocenters. The van der Waals surface area contributed by atoms with Gasteiger partial charge in [-0.1, -0.05) is 35.5 Å². The van der Waals surface area contributed by atoms with Crippen molar-refractivity contribution in [2.24, 2.45) is 5.92 Å². The van der Waals surface area contributed by atoms with Crippen LogP contribution in [0.15, 0.2) is 76.9 Å². The van der Waals surface area contributed by atoms with Crippen LogP contribution in [0.4, 0.5) is 5.69 Å². The van der Waals surface area contributed by atoms with Gasteiger partial charge in [-0.25, -0.2) is 0 Å². The van der Waals surface area contributed by atoms with Crippen LogP contribution in [0.5, 0.6) is 0 Å². The van der Waals surface area contributed by atoms with Crippen molar-refractivity contribution in [2.45, 2.75) is 97.9 Å². The van der Waals surface area contributed by atoms with E-state index in [9.17, 15) is 33.6 Å². The number of rotatable bonds is 16. The van der Waals surface area contributed by atoms with Gasteiger partial charge in [0.1, 0.15) is 6.04 Å². The van der Waals surface area contributed by atoms with Crippen LogP contribution in [0.25, 0.3) is 5.57 Å². The van der Waals surface area contributed by atoms with Crippen LogP contribution in [-0.4, -0.2) is 140 Å². The van der Waals surface area contributed by atoms with Gasteiger partial charge in [0.05, 0.1) is 23.2 Å². The van der Waals surface area contributed by atoms with Crippen molar-refractivity contribution < 1.29 is 33.5 Å². The van der Waals surface area contributed by atoms with Crippen molar-refractivity contribution in [3.8, 4) is 0 Å². The molecular weight excluding hydrogens is 919 g/mol. The molecule has 5 aliphatic rings. The van der Waals surface area contributed by atoms with Gasteiger partial charge in [-0.3, -0.25) is 53.4 Å². The molecule has 19 heteroatoms. The smallest absolute Gasteiger partial charge is 0.276 e. The van der Waals surface area contributed by atoms with Gasteiger partial charge >= 0.3 is 0 Å². The van der Waals surface area contributed by atoms with Gasteiger partial charge in [0.2, 0.25) is 17.7 Å². The predicted molar refractivity (Wildman–Crippen MR) is 267 cm³/mol. The lowest BCUT2D eigenvalue weighted by Crippen LogP contribution is -2.54. The number of aryl methyl sites for hydroxylation is 3. The topological polar surface area (TPSA) is 224 Å². The number of carbonyl (C=O) groups excluding carboxylic acids is 6. The molecule has 4 aliphatic heterocycles. The van der Waals surface area contributed by atoms with E-state index in [4.69, 9.17) is 4.74 Å². The Hall–Kier alpha value is -7.25. The zero-order valence-corrected chi connectivity index (χ0v) is 41.4. The number of aromatic nitrogens is 4. The maximum atomic E-state index is 14.1. The number of amides is 6. The summed E-state index contributed by atoms with van der Waals surface area (Å²) in [5.41, 5.74) is 8.55. The van der Waals surface area contributed by atoms with Crippen molar-refractivity contribution in [2.75, 3.05) is 57.8 Å². The Morgan fingerprint density at radius 1 is 0.931 bits per heavy atom. The van der Waals surface area contributed by atoms with E-state index in [-0.39, 0.29) is 53.6 Å². The number of aromatic amines is 1. The molecular formula is C53H63N11O8. The minimum Gasteiger partial charge on any atom is -0.384 e. The summed E-state index contributed by atoms with van der Waals surface area (Å²) in [6, 6.07) is 14.7. The van der Waals surface area contributed by atoms with Gasteiger partial charge in [0.25, 0.3) is 23.3 Å². The Morgan fingerprint density at radius 3 is 2.42 bits per heavy atom. The molecule has 4 N–H and O–H groups in total. The molecule has 0 radical (unpaired) electrons. The molecule has 1 aliphatic carbocycles. The van der Waals surface area contributed by atoms with E-state index >= 15 is 0 Å². The minimum absolute atomic E-state index is 0.0453. The summed E-state index contributed by atoms with van der Waals surface area (Å²) in [4.78, 5) is 102. The molecule has 19 nitrogen and oxygen atoms in total. The molecule has 0 bridgehead atoms. The summed E-state index contributed by atoms with van der Waals surface area (Å²) in [6.07, 6.45) is 6.99. The summed E-state index contributed by atoms with van der Waals surface area (Å²) >= 11 is 0. The number of likely N-dealkylation sites (N-methyl/N-ethyl adjacent to an activating group) is 1. The number of nitrogens with zero attached hydrogens (tertiary/aromatic N) is 7. The molecule has 9 rings (SSSR count). The largest absolute Gasteiger partial charge is 0.384 e. The number of anilines is 1. The molecule has 4 aromatic rings. The first-order chi connectivity index (χ1) is 34.8. The monoisotopic (exact) mass is 981 g/mol. The van der Waals surface area contributed by atoms with Crippen LogP contribution < -0.4 is 21.5 Å². The first-order valence-electron chi connectivity index (χ1n) is 25.1. The van der Waals surface area contributed by atoms with Crippen molar-refractivity contribution in [1.82, 2.24) is 50.2 Å². The molecule has 378 valence electrons. The first kappa shape index (κ1) is 49.7. The number of fused-ring (bicyclic) bond motifs is 1. The van der Waals surface area contributed by atoms with E-state index in [1.54, 1.807) is 34.0 Å². The molecule has 3 saturated heterocycles. The number of benzene rings is 2. The Balaban J connectivity index is 0.771. The van der Waals surface area contributed by atoms with E-state index in [0.29, 0.717) is 82.6 Å². The quantitative estimate of drug-likeness (QED) is 0.0924. The van der Waals surface area contributed by atoms with Crippen LogP contribution in [0, 0.1) is 19.8 Å². The van der Waals surface area contributed by atoms with E-state index in [0.717, 1.165) is 70.1 Å². The number of ether oxygens (including phenoxy) is 1. The zero-order valence-electron chi connectivity index (χ0n) is 41.4. The normalized spacial score (nSPS) is 19.9. The fourth-order valence-corrected chi connectivity index (χ4v) is 10.7. The summed E-state index contributed by atoms with van der Waals surface area (Å²) in [7, 11) is 0. The Bertz CT molecular complexity index is 2890. The first-order valence-corrected chi connectivity index (χ1v) is 25.1. The molecule has 0 spiro atoms. The van der Waals surface area contributed by atoms with Crippen LogP contribution in [0.2, 0.25) is 0 Å². The van der Waals surface area contributed by atoms with Gasteiger partial charge < -0.3 is 30.2 Å². The van der Waals surface area contributed by atoms with Crippen molar-refractivity contribution in [3.63, 3.8) is 0 Å². The van der Waals surface area contributed by atoms with Crippen molar-refractivity contribution in [1.29, 1.82) is 0 Å². The number of pyridine rings is 1. The molecule has 2 aromatic heterocycles. The highest BCUT2D eigenvalue weighted by atomic mass is 16.5. The molecule has 6 amide bonds. The second-order valence-corrected chi connectivity index (χ2v) is 19.4. The Morgan fingerprint density at radius 2 is 1.69 bits per heavy atom. The van der Waals surface area contributed by atoms with E-state index < -0.39 is 35.6 Å². The number of piperazine rings is 1. The van der Waals surface area contributed by atoms with Crippen molar-refractivity contribution >= 4 is 46.7 Å². The third-order valence-corrected chi connectivity index (χ3v) is 14.7. The van der Waals surface area contributed by atoms with Gasteiger partial charge in [-0.05, 0) is 112 Å². The zero-order chi connectivity index (χ0) is 50.6. The molecule has 2 atom stereocenters. The summed E-state index contributed by atoms with van der Waals surface area (Å²) in [5, 5.41) is 16.9. The molecule has 0 saturated carbocycles. The SMILES string of the molecule is CCN(C1=C(C)C(C(=O)NCc2c(C)cc(C)[nH]c2=O)CC(c2ccc(CN3CCN(C(=O)c4cn(CCCNc5cccc6c5C(=O)N(C5CCC(=O)NC5=O)C6=O)nn4)CC3)cc2)=C1)C1CCOCC1. The number of hydrogen-bond acceptors (Lipinski definition) is 13. The predicted octanol–water partition coefficient (Wildman–Crippen LogP) is 3.94. The fourth-order valence-electron chi connectivity index (χ4n) is 10.7. The van der Waals surface area contributed by atoms with Crippen LogP contribution in [0.3, 0.4) is 0 Å². The number of piperidine rings is 1. The number of imide groups is 2. The number of hydrogen-bond donors (Lipinski definition) is 4. The molecule has 3 fully saturated rings. The van der Waals surface area contributed by atoms with Crippen LogP contribution >= 0.6 is 0 Å². The molecule has 72 heavy (non-hydrogen) atoms. The van der Waals surface area contributed by atoms with Crippen LogP contribution in [-0.2, 0) is 38.8 Å². The van der Waals surface area contributed by atoms with Crippen LogP contribution in [0.1, 0.15) is 112 Å². The summed E-state index contributed by atoms with van der Waals surface area (Å²) < 4.78 is 7.32. The van der Waals surface area contributed by atoms with Gasteiger partial charge in [0.15, 0.2) is 5.69 Å². The lowest BCUT2D eigenvalue weighted by atomic mass is 9.82. The fraction of sp³-hybridized carbons (Fsp3) is 0.453. The van der Waals surface area contributed by atoms with Gasteiger partial charge in [-0.2, -0.15) is 0 Å². The highest BCUT2D eigenvalue weighted by molar-refractivity contribution is 6.25. The summed E-state index contributed by atoms with van der Waals surface area (Å²) in [5.74, 6) is -2.91.